The summed E-state index contributed by atoms with van der Waals surface area (Å²) in [5.41, 5.74) is 0. The van der Waals surface area contributed by atoms with Crippen LogP contribution in [-0.4, -0.2) is 36.1 Å². The quantitative estimate of drug-likeness (QED) is 0.512. The lowest BCUT2D eigenvalue weighted by molar-refractivity contribution is -0.137. The molecule has 0 radical (unpaired) electrons. The van der Waals surface area contributed by atoms with Gasteiger partial charge in [0.05, 0.1) is 6.42 Å². The van der Waals surface area contributed by atoms with Crippen molar-refractivity contribution in [2.24, 2.45) is 0 Å². The second kappa shape index (κ2) is 8.23. The van der Waals surface area contributed by atoms with Crippen LogP contribution in [0.4, 0.5) is 0 Å². The summed E-state index contributed by atoms with van der Waals surface area (Å²) in [5.74, 6) is -0.974. The number of hydrogen-bond acceptors (Lipinski definition) is 3. The van der Waals surface area contributed by atoms with Gasteiger partial charge in [-0.05, 0) is 13.0 Å². The van der Waals surface area contributed by atoms with Crippen LogP contribution in [0.1, 0.15) is 33.1 Å². The van der Waals surface area contributed by atoms with Crippen molar-refractivity contribution in [3.05, 3.63) is 0 Å². The van der Waals surface area contributed by atoms with E-state index < -0.39 is 5.97 Å². The third kappa shape index (κ3) is 7.93. The molecule has 15 heavy (non-hydrogen) atoms. The zero-order chi connectivity index (χ0) is 11.7. The van der Waals surface area contributed by atoms with Crippen LogP contribution in [-0.2, 0) is 9.59 Å². The molecule has 0 aliphatic heterocycles. The van der Waals surface area contributed by atoms with Crippen LogP contribution in [0.15, 0.2) is 0 Å². The number of amides is 1. The topological polar surface area (TPSA) is 78.4 Å². The lowest BCUT2D eigenvalue weighted by Crippen LogP contribution is -2.37. The van der Waals surface area contributed by atoms with Crippen LogP contribution in [0.3, 0.4) is 0 Å². The van der Waals surface area contributed by atoms with E-state index in [-0.39, 0.29) is 18.4 Å². The van der Waals surface area contributed by atoms with E-state index in [1.165, 1.54) is 0 Å². The lowest BCUT2D eigenvalue weighted by atomic mass is 10.1. The van der Waals surface area contributed by atoms with Gasteiger partial charge in [-0.3, -0.25) is 9.59 Å². The molecule has 0 fully saturated rings. The number of carboxylic acid groups (broad SMARTS) is 1. The minimum atomic E-state index is -0.881. The summed E-state index contributed by atoms with van der Waals surface area (Å²) in [6, 6.07) is -0.253. The molecule has 0 aromatic heterocycles. The fourth-order valence-electron chi connectivity index (χ4n) is 1.19. The minimum Gasteiger partial charge on any atom is -0.481 e. The number of nitrogens with one attached hydrogen (secondary N) is 2. The Morgan fingerprint density at radius 2 is 2.00 bits per heavy atom. The van der Waals surface area contributed by atoms with Crippen molar-refractivity contribution in [2.75, 3.05) is 13.1 Å². The van der Waals surface area contributed by atoms with Gasteiger partial charge in [-0.2, -0.15) is 0 Å². The molecular formula is C10H20N2O3. The Balaban J connectivity index is 3.75. The normalized spacial score (nSPS) is 12.1. The summed E-state index contributed by atoms with van der Waals surface area (Å²) in [6.07, 6.45) is 1.02. The molecule has 3 N–H and O–H groups in total. The predicted octanol–water partition coefficient (Wildman–Crippen LogP) is 0.355. The Labute approximate surface area is 90.2 Å². The SMILES string of the molecule is CCNCCC(=O)NC(CC)CC(=O)O. The molecule has 0 rings (SSSR count). The molecule has 5 heteroatoms. The van der Waals surface area contributed by atoms with Gasteiger partial charge in [0.2, 0.25) is 5.91 Å². The second-order valence-corrected chi connectivity index (χ2v) is 3.37. The molecule has 88 valence electrons. The second-order valence-electron chi connectivity index (χ2n) is 3.37. The van der Waals surface area contributed by atoms with Gasteiger partial charge in [0, 0.05) is 19.0 Å². The maximum Gasteiger partial charge on any atom is 0.305 e. The predicted molar refractivity (Wildman–Crippen MR) is 57.6 cm³/mol. The molecule has 5 nitrogen and oxygen atoms in total. The van der Waals surface area contributed by atoms with Gasteiger partial charge in [0.15, 0.2) is 0 Å². The summed E-state index contributed by atoms with van der Waals surface area (Å²) < 4.78 is 0. The molecule has 0 aromatic rings. The van der Waals surface area contributed by atoms with E-state index >= 15 is 0 Å². The van der Waals surface area contributed by atoms with Crippen molar-refractivity contribution < 1.29 is 14.7 Å². The fraction of sp³-hybridized carbons (Fsp3) is 0.800. The van der Waals surface area contributed by atoms with Crippen molar-refractivity contribution in [2.45, 2.75) is 39.2 Å². The average Bonchev–Trinajstić information content (AvgIpc) is 2.16. The molecule has 0 aromatic carbocycles. The number of aliphatic carboxylic acids is 1. The average molecular weight is 216 g/mol. The highest BCUT2D eigenvalue weighted by Gasteiger charge is 2.13. The standard InChI is InChI=1S/C10H20N2O3/c1-3-8(7-10(14)15)12-9(13)5-6-11-4-2/h8,11H,3-7H2,1-2H3,(H,12,13)(H,14,15). The van der Waals surface area contributed by atoms with E-state index in [2.05, 4.69) is 10.6 Å². The summed E-state index contributed by atoms with van der Waals surface area (Å²) >= 11 is 0. The van der Waals surface area contributed by atoms with Gasteiger partial charge >= 0.3 is 5.97 Å². The largest absolute Gasteiger partial charge is 0.481 e. The maximum atomic E-state index is 11.3. The third-order valence-corrected chi connectivity index (χ3v) is 2.06. The van der Waals surface area contributed by atoms with Gasteiger partial charge in [-0.15, -0.1) is 0 Å². The van der Waals surface area contributed by atoms with Gasteiger partial charge < -0.3 is 15.7 Å². The van der Waals surface area contributed by atoms with Gasteiger partial charge in [-0.25, -0.2) is 0 Å². The Kier molecular flexibility index (Phi) is 7.62. The molecule has 0 spiro atoms. The van der Waals surface area contributed by atoms with Crippen molar-refractivity contribution >= 4 is 11.9 Å². The molecule has 0 bridgehead atoms. The molecule has 1 unspecified atom stereocenters. The zero-order valence-electron chi connectivity index (χ0n) is 9.38. The first-order chi connectivity index (χ1) is 7.10. The van der Waals surface area contributed by atoms with E-state index in [0.29, 0.717) is 19.4 Å². The summed E-state index contributed by atoms with van der Waals surface area (Å²) in [4.78, 5) is 21.8. The highest BCUT2D eigenvalue weighted by molar-refractivity contribution is 5.77. The van der Waals surface area contributed by atoms with Crippen LogP contribution < -0.4 is 10.6 Å². The van der Waals surface area contributed by atoms with Crippen LogP contribution >= 0.6 is 0 Å². The van der Waals surface area contributed by atoms with E-state index in [1.54, 1.807) is 0 Å². The first-order valence-electron chi connectivity index (χ1n) is 5.32. The molecular weight excluding hydrogens is 196 g/mol. The first kappa shape index (κ1) is 13.9. The zero-order valence-corrected chi connectivity index (χ0v) is 9.38. The van der Waals surface area contributed by atoms with Crippen LogP contribution in [0.25, 0.3) is 0 Å². The number of carbonyl (C=O) groups is 2. The molecule has 0 heterocycles. The van der Waals surface area contributed by atoms with Crippen molar-refractivity contribution in [3.8, 4) is 0 Å². The van der Waals surface area contributed by atoms with Gasteiger partial charge in [0.25, 0.3) is 0 Å². The summed E-state index contributed by atoms with van der Waals surface area (Å²) in [7, 11) is 0. The van der Waals surface area contributed by atoms with E-state index in [4.69, 9.17) is 5.11 Å². The molecule has 0 aliphatic rings. The van der Waals surface area contributed by atoms with Crippen LogP contribution in [0, 0.1) is 0 Å². The number of hydrogen-bond donors (Lipinski definition) is 3. The first-order valence-corrected chi connectivity index (χ1v) is 5.32. The highest BCUT2D eigenvalue weighted by Crippen LogP contribution is 1.97. The van der Waals surface area contributed by atoms with E-state index in [1.807, 2.05) is 13.8 Å². The van der Waals surface area contributed by atoms with Gasteiger partial charge in [0.1, 0.15) is 0 Å². The molecule has 0 saturated carbocycles. The smallest absolute Gasteiger partial charge is 0.305 e. The van der Waals surface area contributed by atoms with Crippen molar-refractivity contribution in [3.63, 3.8) is 0 Å². The molecule has 1 atom stereocenters. The monoisotopic (exact) mass is 216 g/mol. The summed E-state index contributed by atoms with van der Waals surface area (Å²) in [5, 5.41) is 14.3. The number of rotatable bonds is 8. The number of carboxylic acids is 1. The van der Waals surface area contributed by atoms with E-state index in [0.717, 1.165) is 6.54 Å². The molecule has 1 amide bonds. The minimum absolute atomic E-state index is 0.0105. The van der Waals surface area contributed by atoms with E-state index in [9.17, 15) is 9.59 Å². The summed E-state index contributed by atoms with van der Waals surface area (Å²) in [6.45, 7) is 5.29. The Morgan fingerprint density at radius 3 is 2.47 bits per heavy atom. The Hall–Kier alpha value is -1.10. The lowest BCUT2D eigenvalue weighted by Gasteiger charge is -2.14. The Morgan fingerprint density at radius 1 is 1.33 bits per heavy atom. The fourth-order valence-corrected chi connectivity index (χ4v) is 1.19. The molecule has 0 saturated heterocycles. The molecule has 0 aliphatic carbocycles. The number of carbonyl (C=O) groups excluding carboxylic acids is 1. The Bertz CT molecular complexity index is 207. The van der Waals surface area contributed by atoms with Crippen LogP contribution in [0.5, 0.6) is 0 Å². The highest BCUT2D eigenvalue weighted by atomic mass is 16.4. The van der Waals surface area contributed by atoms with Crippen molar-refractivity contribution in [1.82, 2.24) is 10.6 Å². The van der Waals surface area contributed by atoms with Gasteiger partial charge in [-0.1, -0.05) is 13.8 Å². The maximum absolute atomic E-state index is 11.3. The van der Waals surface area contributed by atoms with Crippen molar-refractivity contribution in [1.29, 1.82) is 0 Å². The third-order valence-electron chi connectivity index (χ3n) is 2.06. The van der Waals surface area contributed by atoms with Crippen LogP contribution in [0.2, 0.25) is 0 Å².